The first kappa shape index (κ1) is 20.9. The summed E-state index contributed by atoms with van der Waals surface area (Å²) in [5.41, 5.74) is 4.09. The van der Waals surface area contributed by atoms with Crippen LogP contribution in [-0.4, -0.2) is 24.6 Å². The van der Waals surface area contributed by atoms with Crippen LogP contribution in [0.3, 0.4) is 0 Å². The SMILES string of the molecule is COC(C(=O)N/N=C(\C)CC(=O)Nc1ccc(Cl)c(Cl)c1)c1ccccc1. The molecule has 1 unspecified atom stereocenters. The largest absolute Gasteiger partial charge is 0.367 e. The summed E-state index contributed by atoms with van der Waals surface area (Å²) in [6.07, 6.45) is -0.781. The Morgan fingerprint density at radius 2 is 1.81 bits per heavy atom. The Morgan fingerprint density at radius 1 is 1.11 bits per heavy atom. The third kappa shape index (κ3) is 6.36. The van der Waals surface area contributed by atoms with Crippen molar-refractivity contribution in [3.8, 4) is 0 Å². The zero-order valence-corrected chi connectivity index (χ0v) is 16.3. The summed E-state index contributed by atoms with van der Waals surface area (Å²) < 4.78 is 5.23. The molecule has 0 heterocycles. The lowest BCUT2D eigenvalue weighted by molar-refractivity contribution is -0.131. The van der Waals surface area contributed by atoms with Crippen LogP contribution in [0.25, 0.3) is 0 Å². The number of halogens is 2. The topological polar surface area (TPSA) is 79.8 Å². The van der Waals surface area contributed by atoms with Gasteiger partial charge in [0.1, 0.15) is 0 Å². The Hall–Kier alpha value is -2.41. The number of amides is 2. The number of rotatable bonds is 7. The standard InChI is InChI=1S/C19H19Cl2N3O3/c1-12(10-17(25)22-14-8-9-15(20)16(21)11-14)23-24-19(26)18(27-2)13-6-4-3-5-7-13/h3-9,11,18H,10H2,1-2H3,(H,22,25)(H,24,26)/b23-12+. The van der Waals surface area contributed by atoms with Crippen molar-refractivity contribution >= 4 is 46.4 Å². The number of ether oxygens (including phenoxy) is 1. The normalized spacial score (nSPS) is 12.4. The summed E-state index contributed by atoms with van der Waals surface area (Å²) in [6.45, 7) is 1.64. The highest BCUT2D eigenvalue weighted by molar-refractivity contribution is 6.42. The second-order valence-corrected chi connectivity index (χ2v) is 6.52. The van der Waals surface area contributed by atoms with E-state index < -0.39 is 12.0 Å². The number of nitrogens with zero attached hydrogens (tertiary/aromatic N) is 1. The molecule has 0 aliphatic rings. The Labute approximate surface area is 167 Å². The predicted octanol–water partition coefficient (Wildman–Crippen LogP) is 4.20. The van der Waals surface area contributed by atoms with Gasteiger partial charge in [0.15, 0.2) is 6.10 Å². The van der Waals surface area contributed by atoms with Gasteiger partial charge >= 0.3 is 0 Å². The lowest BCUT2D eigenvalue weighted by Crippen LogP contribution is -2.28. The lowest BCUT2D eigenvalue weighted by Gasteiger charge is -2.14. The van der Waals surface area contributed by atoms with Gasteiger partial charge in [-0.15, -0.1) is 0 Å². The third-order valence-corrected chi connectivity index (χ3v) is 4.29. The molecule has 0 aromatic heterocycles. The van der Waals surface area contributed by atoms with Crippen LogP contribution < -0.4 is 10.7 Å². The molecule has 2 amide bonds. The van der Waals surface area contributed by atoms with Gasteiger partial charge in [0.2, 0.25) is 5.91 Å². The first-order chi connectivity index (χ1) is 12.9. The third-order valence-electron chi connectivity index (χ3n) is 3.55. The minimum atomic E-state index is -0.784. The van der Waals surface area contributed by atoms with Crippen molar-refractivity contribution < 1.29 is 14.3 Å². The molecule has 0 aliphatic carbocycles. The maximum Gasteiger partial charge on any atom is 0.273 e. The molecular formula is C19H19Cl2N3O3. The molecule has 8 heteroatoms. The van der Waals surface area contributed by atoms with Gasteiger partial charge in [0, 0.05) is 18.5 Å². The molecule has 1 atom stereocenters. The van der Waals surface area contributed by atoms with Crippen LogP contribution in [-0.2, 0) is 14.3 Å². The fraction of sp³-hybridized carbons (Fsp3) is 0.211. The van der Waals surface area contributed by atoms with E-state index in [0.29, 0.717) is 27.0 Å². The van der Waals surface area contributed by atoms with Crippen LogP contribution in [0, 0.1) is 0 Å². The van der Waals surface area contributed by atoms with Crippen molar-refractivity contribution in [3.63, 3.8) is 0 Å². The summed E-state index contributed by atoms with van der Waals surface area (Å²) in [5.74, 6) is -0.719. The van der Waals surface area contributed by atoms with Gasteiger partial charge < -0.3 is 10.1 Å². The zero-order chi connectivity index (χ0) is 19.8. The first-order valence-corrected chi connectivity index (χ1v) is 8.82. The highest BCUT2D eigenvalue weighted by Crippen LogP contribution is 2.25. The molecule has 2 N–H and O–H groups in total. The number of hydrazone groups is 1. The Bertz CT molecular complexity index is 841. The molecule has 0 radical (unpaired) electrons. The molecule has 0 bridgehead atoms. The minimum absolute atomic E-state index is 0.00348. The van der Waals surface area contributed by atoms with Crippen LogP contribution in [0.5, 0.6) is 0 Å². The summed E-state index contributed by atoms with van der Waals surface area (Å²) in [4.78, 5) is 24.3. The number of hydrogen-bond donors (Lipinski definition) is 2. The molecule has 0 fully saturated rings. The van der Waals surface area contributed by atoms with E-state index in [1.165, 1.54) is 7.11 Å². The highest BCUT2D eigenvalue weighted by atomic mass is 35.5. The van der Waals surface area contributed by atoms with E-state index in [2.05, 4.69) is 15.8 Å². The van der Waals surface area contributed by atoms with E-state index in [4.69, 9.17) is 27.9 Å². The van der Waals surface area contributed by atoms with Crippen molar-refractivity contribution in [3.05, 3.63) is 64.1 Å². The molecule has 142 valence electrons. The predicted molar refractivity (Wildman–Crippen MR) is 107 cm³/mol. The summed E-state index contributed by atoms with van der Waals surface area (Å²) >= 11 is 11.8. The minimum Gasteiger partial charge on any atom is -0.367 e. The van der Waals surface area contributed by atoms with E-state index in [9.17, 15) is 9.59 Å². The number of benzene rings is 2. The van der Waals surface area contributed by atoms with Gasteiger partial charge in [0.25, 0.3) is 5.91 Å². The first-order valence-electron chi connectivity index (χ1n) is 8.06. The molecule has 27 heavy (non-hydrogen) atoms. The molecule has 0 spiro atoms. The fourth-order valence-corrected chi connectivity index (χ4v) is 2.58. The van der Waals surface area contributed by atoms with Gasteiger partial charge in [-0.05, 0) is 30.7 Å². The number of carbonyl (C=O) groups excluding carboxylic acids is 2. The van der Waals surface area contributed by atoms with E-state index in [-0.39, 0.29) is 12.3 Å². The van der Waals surface area contributed by atoms with E-state index in [1.54, 1.807) is 37.3 Å². The summed E-state index contributed by atoms with van der Waals surface area (Å²) in [5, 5.41) is 7.40. The van der Waals surface area contributed by atoms with Crippen molar-refractivity contribution in [2.75, 3.05) is 12.4 Å². The quantitative estimate of drug-likeness (QED) is 0.532. The van der Waals surface area contributed by atoms with E-state index >= 15 is 0 Å². The van der Waals surface area contributed by atoms with Crippen LogP contribution in [0.4, 0.5) is 5.69 Å². The molecular weight excluding hydrogens is 389 g/mol. The van der Waals surface area contributed by atoms with Gasteiger partial charge in [-0.2, -0.15) is 5.10 Å². The molecule has 2 aromatic carbocycles. The average molecular weight is 408 g/mol. The van der Waals surface area contributed by atoms with Crippen molar-refractivity contribution in [2.45, 2.75) is 19.4 Å². The second kappa shape index (κ2) is 10.1. The fourth-order valence-electron chi connectivity index (χ4n) is 2.28. The van der Waals surface area contributed by atoms with Crippen LogP contribution in [0.1, 0.15) is 25.0 Å². The van der Waals surface area contributed by atoms with Gasteiger partial charge in [-0.1, -0.05) is 53.5 Å². The Kier molecular flexibility index (Phi) is 7.79. The second-order valence-electron chi connectivity index (χ2n) is 5.70. The van der Waals surface area contributed by atoms with E-state index in [0.717, 1.165) is 0 Å². The van der Waals surface area contributed by atoms with Crippen LogP contribution in [0.15, 0.2) is 53.6 Å². The molecule has 0 saturated heterocycles. The molecule has 0 saturated carbocycles. The maximum absolute atomic E-state index is 12.3. The van der Waals surface area contributed by atoms with Crippen molar-refractivity contribution in [1.82, 2.24) is 5.43 Å². The van der Waals surface area contributed by atoms with Crippen molar-refractivity contribution in [2.24, 2.45) is 5.10 Å². The monoisotopic (exact) mass is 407 g/mol. The zero-order valence-electron chi connectivity index (χ0n) is 14.8. The molecule has 2 aromatic rings. The number of hydrogen-bond acceptors (Lipinski definition) is 4. The Morgan fingerprint density at radius 3 is 2.44 bits per heavy atom. The molecule has 2 rings (SSSR count). The summed E-state index contributed by atoms with van der Waals surface area (Å²) in [6, 6.07) is 13.8. The lowest BCUT2D eigenvalue weighted by atomic mass is 10.1. The summed E-state index contributed by atoms with van der Waals surface area (Å²) in [7, 11) is 1.44. The highest BCUT2D eigenvalue weighted by Gasteiger charge is 2.19. The number of methoxy groups -OCH3 is 1. The van der Waals surface area contributed by atoms with Gasteiger partial charge in [-0.3, -0.25) is 9.59 Å². The smallest absolute Gasteiger partial charge is 0.273 e. The van der Waals surface area contributed by atoms with E-state index in [1.807, 2.05) is 18.2 Å². The van der Waals surface area contributed by atoms with Crippen molar-refractivity contribution in [1.29, 1.82) is 0 Å². The van der Waals surface area contributed by atoms with Gasteiger partial charge in [0.05, 0.1) is 16.5 Å². The Balaban J connectivity index is 1.91. The van der Waals surface area contributed by atoms with Crippen LogP contribution in [0.2, 0.25) is 10.0 Å². The average Bonchev–Trinajstić information content (AvgIpc) is 2.64. The number of nitrogens with one attached hydrogen (secondary N) is 2. The number of anilines is 1. The molecule has 0 aliphatic heterocycles. The number of carbonyl (C=O) groups is 2. The van der Waals surface area contributed by atoms with Crippen LogP contribution >= 0.6 is 23.2 Å². The van der Waals surface area contributed by atoms with Gasteiger partial charge in [-0.25, -0.2) is 5.43 Å². The molecule has 6 nitrogen and oxygen atoms in total. The maximum atomic E-state index is 12.3.